The first kappa shape index (κ1) is 21.0. The third-order valence-electron chi connectivity index (χ3n) is 4.42. The van der Waals surface area contributed by atoms with Gasteiger partial charge in [0.25, 0.3) is 5.91 Å². The first-order valence-electron chi connectivity index (χ1n) is 8.95. The Balaban J connectivity index is 1.52. The van der Waals surface area contributed by atoms with Crippen molar-refractivity contribution in [2.75, 3.05) is 5.32 Å². The van der Waals surface area contributed by atoms with Gasteiger partial charge in [-0.25, -0.2) is 4.98 Å². The second-order valence-corrected chi connectivity index (χ2v) is 9.06. The fourth-order valence-corrected chi connectivity index (χ4v) is 4.06. The van der Waals surface area contributed by atoms with Crippen LogP contribution >= 0.6 is 50.7 Å². The highest BCUT2D eigenvalue weighted by molar-refractivity contribution is 14.1. The number of rotatable bonds is 3. The lowest BCUT2D eigenvalue weighted by molar-refractivity contribution is 0.0977. The molecule has 0 aliphatic heterocycles. The minimum Gasteiger partial charge on any atom is -0.436 e. The van der Waals surface area contributed by atoms with Crippen LogP contribution in [-0.4, -0.2) is 16.0 Å². The van der Waals surface area contributed by atoms with Gasteiger partial charge in [0.15, 0.2) is 10.7 Å². The average molecular weight is 592 g/mol. The summed E-state index contributed by atoms with van der Waals surface area (Å²) in [5.41, 5.74) is 4.41. The lowest BCUT2D eigenvalue weighted by Gasteiger charge is -2.10. The molecular formula is C22H15BrIN3O2S. The number of aryl methyl sites for hydroxylation is 1. The van der Waals surface area contributed by atoms with E-state index in [4.69, 9.17) is 16.6 Å². The molecule has 30 heavy (non-hydrogen) atoms. The Labute approximate surface area is 200 Å². The molecule has 0 radical (unpaired) electrons. The Morgan fingerprint density at radius 1 is 1.13 bits per heavy atom. The van der Waals surface area contributed by atoms with Crippen molar-refractivity contribution in [2.45, 2.75) is 6.92 Å². The van der Waals surface area contributed by atoms with Crippen LogP contribution in [0.15, 0.2) is 69.6 Å². The van der Waals surface area contributed by atoms with Gasteiger partial charge in [-0.15, -0.1) is 0 Å². The Morgan fingerprint density at radius 2 is 1.93 bits per heavy atom. The summed E-state index contributed by atoms with van der Waals surface area (Å²) >= 11 is 11.1. The largest absolute Gasteiger partial charge is 0.436 e. The molecule has 1 amide bonds. The number of nitrogens with zero attached hydrogens (tertiary/aromatic N) is 1. The highest BCUT2D eigenvalue weighted by atomic mass is 127. The minimum absolute atomic E-state index is 0.215. The number of oxazole rings is 1. The summed E-state index contributed by atoms with van der Waals surface area (Å²) in [6, 6.07) is 18.8. The molecule has 0 spiro atoms. The molecule has 1 aromatic heterocycles. The third-order valence-corrected chi connectivity index (χ3v) is 5.99. The van der Waals surface area contributed by atoms with Gasteiger partial charge >= 0.3 is 0 Å². The summed E-state index contributed by atoms with van der Waals surface area (Å²) < 4.78 is 7.91. The highest BCUT2D eigenvalue weighted by Gasteiger charge is 2.14. The van der Waals surface area contributed by atoms with Crippen LogP contribution in [0.1, 0.15) is 15.9 Å². The van der Waals surface area contributed by atoms with Gasteiger partial charge in [0.1, 0.15) is 5.52 Å². The molecule has 5 nitrogen and oxygen atoms in total. The number of benzene rings is 3. The van der Waals surface area contributed by atoms with E-state index in [-0.39, 0.29) is 11.0 Å². The van der Waals surface area contributed by atoms with Crippen LogP contribution in [0, 0.1) is 10.5 Å². The average Bonchev–Trinajstić information content (AvgIpc) is 3.13. The first-order valence-corrected chi connectivity index (χ1v) is 11.2. The Kier molecular flexibility index (Phi) is 6.16. The number of nitrogens with one attached hydrogen (secondary N) is 2. The Bertz CT molecular complexity index is 1290. The molecule has 0 bridgehead atoms. The number of anilines is 1. The van der Waals surface area contributed by atoms with Gasteiger partial charge in [0.05, 0.1) is 5.56 Å². The van der Waals surface area contributed by atoms with Crippen molar-refractivity contribution >= 4 is 78.5 Å². The van der Waals surface area contributed by atoms with Crippen LogP contribution in [-0.2, 0) is 0 Å². The number of halogens is 2. The summed E-state index contributed by atoms with van der Waals surface area (Å²) in [6.45, 7) is 1.88. The van der Waals surface area contributed by atoms with Crippen molar-refractivity contribution in [2.24, 2.45) is 0 Å². The molecule has 150 valence electrons. The number of aromatic nitrogens is 1. The monoisotopic (exact) mass is 591 g/mol. The summed E-state index contributed by atoms with van der Waals surface area (Å²) in [5, 5.41) is 5.95. The Hall–Kier alpha value is -2.30. The van der Waals surface area contributed by atoms with Crippen molar-refractivity contribution in [3.8, 4) is 11.5 Å². The maximum absolute atomic E-state index is 12.4. The van der Waals surface area contributed by atoms with Crippen molar-refractivity contribution in [1.82, 2.24) is 10.3 Å². The standard InChI is InChI=1S/C22H15BrIN3O2S/c1-12-4-2-3-5-15(12)20(28)27-22(30)25-14-7-9-19-18(11-14)26-21(29-19)16-10-13(24)6-8-17(16)23/h2-11H,1H3,(H2,25,27,28,30). The van der Waals surface area contributed by atoms with E-state index in [2.05, 4.69) is 54.1 Å². The molecule has 1 heterocycles. The first-order chi connectivity index (χ1) is 14.4. The summed E-state index contributed by atoms with van der Waals surface area (Å²) in [6.07, 6.45) is 0. The van der Waals surface area contributed by atoms with Crippen LogP contribution in [0.4, 0.5) is 5.69 Å². The second kappa shape index (κ2) is 8.83. The van der Waals surface area contributed by atoms with E-state index in [0.717, 1.165) is 19.2 Å². The normalized spacial score (nSPS) is 10.8. The highest BCUT2D eigenvalue weighted by Crippen LogP contribution is 2.32. The van der Waals surface area contributed by atoms with Gasteiger partial charge in [-0.05, 0) is 106 Å². The number of thiocarbonyl (C=S) groups is 1. The van der Waals surface area contributed by atoms with Crippen molar-refractivity contribution < 1.29 is 9.21 Å². The number of hydrogen-bond donors (Lipinski definition) is 2. The van der Waals surface area contributed by atoms with Crippen LogP contribution < -0.4 is 10.6 Å². The third kappa shape index (κ3) is 4.55. The molecule has 3 aromatic carbocycles. The topological polar surface area (TPSA) is 67.2 Å². The van der Waals surface area contributed by atoms with Gasteiger partial charge < -0.3 is 9.73 Å². The van der Waals surface area contributed by atoms with Crippen LogP contribution in [0.25, 0.3) is 22.6 Å². The number of hydrogen-bond acceptors (Lipinski definition) is 4. The van der Waals surface area contributed by atoms with Crippen LogP contribution in [0.3, 0.4) is 0 Å². The van der Waals surface area contributed by atoms with Crippen molar-refractivity contribution in [3.05, 3.63) is 79.8 Å². The number of fused-ring (bicyclic) bond motifs is 1. The van der Waals surface area contributed by atoms with E-state index in [1.165, 1.54) is 0 Å². The maximum atomic E-state index is 12.4. The molecule has 0 atom stereocenters. The van der Waals surface area contributed by atoms with Crippen molar-refractivity contribution in [3.63, 3.8) is 0 Å². The fourth-order valence-electron chi connectivity index (χ4n) is 2.94. The summed E-state index contributed by atoms with van der Waals surface area (Å²) in [4.78, 5) is 17.0. The van der Waals surface area contributed by atoms with E-state index < -0.39 is 0 Å². The number of carbonyl (C=O) groups excluding carboxylic acids is 1. The zero-order chi connectivity index (χ0) is 21.3. The van der Waals surface area contributed by atoms with Crippen LogP contribution in [0.2, 0.25) is 0 Å². The molecule has 2 N–H and O–H groups in total. The van der Waals surface area contributed by atoms with Gasteiger partial charge in [-0.2, -0.15) is 0 Å². The van der Waals surface area contributed by atoms with E-state index in [0.29, 0.717) is 28.2 Å². The molecule has 0 saturated heterocycles. The molecule has 0 unspecified atom stereocenters. The summed E-state index contributed by atoms with van der Waals surface area (Å²) in [5.74, 6) is 0.280. The van der Waals surface area contributed by atoms with Gasteiger partial charge in [0.2, 0.25) is 5.89 Å². The van der Waals surface area contributed by atoms with E-state index in [9.17, 15) is 4.79 Å². The van der Waals surface area contributed by atoms with Crippen molar-refractivity contribution in [1.29, 1.82) is 0 Å². The predicted octanol–water partition coefficient (Wildman–Crippen LogP) is 6.30. The number of amides is 1. The lowest BCUT2D eigenvalue weighted by Crippen LogP contribution is -2.34. The fraction of sp³-hybridized carbons (Fsp3) is 0.0455. The van der Waals surface area contributed by atoms with Gasteiger partial charge in [-0.1, -0.05) is 18.2 Å². The molecule has 8 heteroatoms. The summed E-state index contributed by atoms with van der Waals surface area (Å²) in [7, 11) is 0. The molecule has 0 fully saturated rings. The molecule has 4 aromatic rings. The lowest BCUT2D eigenvalue weighted by atomic mass is 10.1. The van der Waals surface area contributed by atoms with Gasteiger partial charge in [-0.3, -0.25) is 10.1 Å². The van der Waals surface area contributed by atoms with Crippen LogP contribution in [0.5, 0.6) is 0 Å². The quantitative estimate of drug-likeness (QED) is 0.216. The molecular weight excluding hydrogens is 577 g/mol. The molecule has 0 saturated carbocycles. The van der Waals surface area contributed by atoms with Gasteiger partial charge in [0, 0.05) is 19.3 Å². The smallest absolute Gasteiger partial charge is 0.257 e. The molecule has 0 aliphatic rings. The zero-order valence-corrected chi connectivity index (χ0v) is 20.3. The maximum Gasteiger partial charge on any atom is 0.257 e. The predicted molar refractivity (Wildman–Crippen MR) is 135 cm³/mol. The Morgan fingerprint density at radius 3 is 2.73 bits per heavy atom. The second-order valence-electron chi connectivity index (χ2n) is 6.55. The number of carbonyl (C=O) groups is 1. The zero-order valence-electron chi connectivity index (χ0n) is 15.7. The van der Waals surface area contributed by atoms with E-state index in [1.54, 1.807) is 6.07 Å². The van der Waals surface area contributed by atoms with E-state index >= 15 is 0 Å². The SMILES string of the molecule is Cc1ccccc1C(=O)NC(=S)Nc1ccc2oc(-c3cc(I)ccc3Br)nc2c1. The minimum atomic E-state index is -0.251. The van der Waals surface area contributed by atoms with E-state index in [1.807, 2.05) is 61.5 Å². The molecule has 0 aliphatic carbocycles. The molecule has 4 rings (SSSR count).